The summed E-state index contributed by atoms with van der Waals surface area (Å²) >= 11 is 5.70. The number of nitrogens with zero attached hydrogens (tertiary/aromatic N) is 1. The van der Waals surface area contributed by atoms with Crippen LogP contribution in [0.25, 0.3) is 0 Å². The van der Waals surface area contributed by atoms with Crippen LogP contribution in [0.4, 0.5) is 5.69 Å². The fraction of sp³-hybridized carbons (Fsp3) is 0.222. The maximum absolute atomic E-state index is 5.70. The Kier molecular flexibility index (Phi) is 2.66. The van der Waals surface area contributed by atoms with Crippen molar-refractivity contribution in [2.75, 3.05) is 0 Å². The van der Waals surface area contributed by atoms with Gasteiger partial charge in [0.15, 0.2) is 0 Å². The quantitative estimate of drug-likeness (QED) is 0.568. The van der Waals surface area contributed by atoms with E-state index in [0.717, 1.165) is 16.4 Å². The molecule has 0 atom stereocenters. The monoisotopic (exact) mass is 167 g/mol. The van der Waals surface area contributed by atoms with Gasteiger partial charge in [-0.25, -0.2) is 0 Å². The van der Waals surface area contributed by atoms with Crippen molar-refractivity contribution in [3.8, 4) is 0 Å². The summed E-state index contributed by atoms with van der Waals surface area (Å²) in [5.74, 6) is 0. The highest BCUT2D eigenvalue weighted by molar-refractivity contribution is 6.30. The predicted molar refractivity (Wildman–Crippen MR) is 49.9 cm³/mol. The van der Waals surface area contributed by atoms with Crippen LogP contribution in [0.5, 0.6) is 0 Å². The molecule has 0 saturated carbocycles. The van der Waals surface area contributed by atoms with E-state index in [9.17, 15) is 0 Å². The van der Waals surface area contributed by atoms with Crippen molar-refractivity contribution in [1.82, 2.24) is 0 Å². The van der Waals surface area contributed by atoms with E-state index in [1.54, 1.807) is 0 Å². The van der Waals surface area contributed by atoms with Crippen molar-refractivity contribution in [1.29, 1.82) is 0 Å². The molecule has 0 aliphatic carbocycles. The lowest BCUT2D eigenvalue weighted by Gasteiger charge is -1.93. The summed E-state index contributed by atoms with van der Waals surface area (Å²) in [5, 5.41) is 0.748. The number of rotatable bonds is 1. The van der Waals surface area contributed by atoms with Crippen LogP contribution in [0.3, 0.4) is 0 Å². The molecule has 0 unspecified atom stereocenters. The summed E-state index contributed by atoms with van der Waals surface area (Å²) in [6, 6.07) is 7.47. The Labute approximate surface area is 71.7 Å². The first-order valence-corrected chi connectivity index (χ1v) is 3.84. The summed E-state index contributed by atoms with van der Waals surface area (Å²) in [6.07, 6.45) is 0. The molecular formula is C9H10ClN. The molecule has 1 nitrogen and oxygen atoms in total. The van der Waals surface area contributed by atoms with E-state index in [4.69, 9.17) is 11.6 Å². The molecule has 0 spiro atoms. The summed E-state index contributed by atoms with van der Waals surface area (Å²) in [7, 11) is 0. The minimum atomic E-state index is 0.748. The molecule has 0 aliphatic rings. The predicted octanol–water partition coefficient (Wildman–Crippen LogP) is 3.45. The Morgan fingerprint density at radius 3 is 2.18 bits per heavy atom. The zero-order valence-electron chi connectivity index (χ0n) is 6.63. The highest BCUT2D eigenvalue weighted by Gasteiger charge is 1.88. The Hall–Kier alpha value is -0.820. The fourth-order valence-corrected chi connectivity index (χ4v) is 0.900. The standard InChI is InChI=1S/C9H10ClN/c1-7(2)11-9-5-3-8(10)4-6-9/h3-6H,1-2H3. The Morgan fingerprint density at radius 2 is 1.73 bits per heavy atom. The third kappa shape index (κ3) is 2.72. The van der Waals surface area contributed by atoms with E-state index < -0.39 is 0 Å². The molecule has 0 fully saturated rings. The van der Waals surface area contributed by atoms with Crippen LogP contribution in [0.2, 0.25) is 5.02 Å². The van der Waals surface area contributed by atoms with Crippen molar-refractivity contribution >= 4 is 23.0 Å². The number of hydrogen-bond acceptors (Lipinski definition) is 1. The first-order chi connectivity index (χ1) is 5.18. The van der Waals surface area contributed by atoms with E-state index in [1.165, 1.54) is 0 Å². The molecule has 0 N–H and O–H groups in total. The average Bonchev–Trinajstić information content (AvgIpc) is 1.93. The molecule has 11 heavy (non-hydrogen) atoms. The molecule has 1 aromatic carbocycles. The molecule has 0 aromatic heterocycles. The highest BCUT2D eigenvalue weighted by Crippen LogP contribution is 2.16. The van der Waals surface area contributed by atoms with Crippen LogP contribution in [0, 0.1) is 0 Å². The number of halogens is 1. The molecule has 0 heterocycles. The number of hydrogen-bond donors (Lipinski definition) is 0. The Balaban J connectivity index is 2.91. The number of benzene rings is 1. The van der Waals surface area contributed by atoms with Crippen LogP contribution in [-0.4, -0.2) is 5.71 Å². The lowest BCUT2D eigenvalue weighted by molar-refractivity contribution is 1.48. The largest absolute Gasteiger partial charge is 0.258 e. The zero-order chi connectivity index (χ0) is 8.27. The summed E-state index contributed by atoms with van der Waals surface area (Å²) in [4.78, 5) is 4.26. The van der Waals surface area contributed by atoms with Gasteiger partial charge in [0.25, 0.3) is 0 Å². The molecule has 0 aliphatic heterocycles. The molecule has 1 aromatic rings. The van der Waals surface area contributed by atoms with Gasteiger partial charge in [-0.05, 0) is 38.1 Å². The first-order valence-electron chi connectivity index (χ1n) is 3.46. The Morgan fingerprint density at radius 1 is 1.18 bits per heavy atom. The van der Waals surface area contributed by atoms with Gasteiger partial charge in [0.2, 0.25) is 0 Å². The van der Waals surface area contributed by atoms with Gasteiger partial charge in [-0.3, -0.25) is 4.99 Å². The van der Waals surface area contributed by atoms with Crippen molar-refractivity contribution in [3.63, 3.8) is 0 Å². The van der Waals surface area contributed by atoms with Gasteiger partial charge in [0, 0.05) is 10.7 Å². The normalized spacial score (nSPS) is 9.36. The molecular weight excluding hydrogens is 158 g/mol. The minimum Gasteiger partial charge on any atom is -0.258 e. The van der Waals surface area contributed by atoms with E-state index in [-0.39, 0.29) is 0 Å². The van der Waals surface area contributed by atoms with Crippen molar-refractivity contribution < 1.29 is 0 Å². The minimum absolute atomic E-state index is 0.748. The Bertz CT molecular complexity index is 257. The number of aliphatic imine (C=N–C) groups is 1. The van der Waals surface area contributed by atoms with Crippen molar-refractivity contribution in [2.45, 2.75) is 13.8 Å². The summed E-state index contributed by atoms with van der Waals surface area (Å²) in [6.45, 7) is 3.93. The third-order valence-electron chi connectivity index (χ3n) is 1.18. The zero-order valence-corrected chi connectivity index (χ0v) is 7.39. The van der Waals surface area contributed by atoms with Gasteiger partial charge in [0.05, 0.1) is 5.69 Å². The second-order valence-corrected chi connectivity index (χ2v) is 2.97. The van der Waals surface area contributed by atoms with Gasteiger partial charge < -0.3 is 0 Å². The van der Waals surface area contributed by atoms with Gasteiger partial charge in [-0.15, -0.1) is 0 Å². The van der Waals surface area contributed by atoms with Crippen LogP contribution >= 0.6 is 11.6 Å². The van der Waals surface area contributed by atoms with Gasteiger partial charge in [-0.2, -0.15) is 0 Å². The molecule has 0 bridgehead atoms. The molecule has 2 heteroatoms. The maximum atomic E-state index is 5.70. The summed E-state index contributed by atoms with van der Waals surface area (Å²) < 4.78 is 0. The third-order valence-corrected chi connectivity index (χ3v) is 1.43. The maximum Gasteiger partial charge on any atom is 0.0629 e. The molecule has 0 saturated heterocycles. The molecule has 1 rings (SSSR count). The summed E-state index contributed by atoms with van der Waals surface area (Å²) in [5.41, 5.74) is 2.00. The van der Waals surface area contributed by atoms with E-state index >= 15 is 0 Å². The van der Waals surface area contributed by atoms with Gasteiger partial charge >= 0.3 is 0 Å². The van der Waals surface area contributed by atoms with Crippen LogP contribution in [0.15, 0.2) is 29.3 Å². The van der Waals surface area contributed by atoms with E-state index in [2.05, 4.69) is 4.99 Å². The van der Waals surface area contributed by atoms with Crippen molar-refractivity contribution in [3.05, 3.63) is 29.3 Å². The van der Waals surface area contributed by atoms with Crippen molar-refractivity contribution in [2.24, 2.45) is 4.99 Å². The molecule has 58 valence electrons. The van der Waals surface area contributed by atoms with Gasteiger partial charge in [-0.1, -0.05) is 11.6 Å². The van der Waals surface area contributed by atoms with E-state index in [0.29, 0.717) is 0 Å². The molecule has 0 radical (unpaired) electrons. The second kappa shape index (κ2) is 3.54. The van der Waals surface area contributed by atoms with Gasteiger partial charge in [0.1, 0.15) is 0 Å². The fourth-order valence-electron chi connectivity index (χ4n) is 0.774. The second-order valence-electron chi connectivity index (χ2n) is 2.54. The topological polar surface area (TPSA) is 12.4 Å². The SMILES string of the molecule is CC(C)=Nc1ccc(Cl)cc1. The van der Waals surface area contributed by atoms with E-state index in [1.807, 2.05) is 38.1 Å². The lowest BCUT2D eigenvalue weighted by atomic mass is 10.3. The lowest BCUT2D eigenvalue weighted by Crippen LogP contribution is -1.77. The smallest absolute Gasteiger partial charge is 0.0629 e. The van der Waals surface area contributed by atoms with Crippen LogP contribution in [0.1, 0.15) is 13.8 Å². The highest BCUT2D eigenvalue weighted by atomic mass is 35.5. The average molecular weight is 168 g/mol. The van der Waals surface area contributed by atoms with Crippen LogP contribution in [-0.2, 0) is 0 Å². The van der Waals surface area contributed by atoms with Crippen LogP contribution < -0.4 is 0 Å². The molecule has 0 amide bonds. The first kappa shape index (κ1) is 8.28.